The summed E-state index contributed by atoms with van der Waals surface area (Å²) in [5.41, 5.74) is 0.442. The molecule has 0 saturated carbocycles. The maximum atomic E-state index is 10.9. The van der Waals surface area contributed by atoms with Crippen molar-refractivity contribution in [2.75, 3.05) is 0 Å². The van der Waals surface area contributed by atoms with Gasteiger partial charge in [0.05, 0.1) is 9.85 Å². The van der Waals surface area contributed by atoms with Crippen LogP contribution in [0.15, 0.2) is 66.7 Å². The standard InChI is InChI=1S/C13H10ClNO3.C6H4ClNO3/c14-11-6-7-13(12(8-11)15(16)17)18-9-10-4-2-1-3-5-10;7-4-1-2-6(9)5(3-4)8(10)11/h1-8H,9H2;1-3,9H. The summed E-state index contributed by atoms with van der Waals surface area (Å²) in [5, 5.41) is 30.5. The van der Waals surface area contributed by atoms with Gasteiger partial charge in [-0.05, 0) is 29.8 Å². The summed E-state index contributed by atoms with van der Waals surface area (Å²) in [7, 11) is 0. The van der Waals surface area contributed by atoms with Gasteiger partial charge in [-0.15, -0.1) is 0 Å². The predicted octanol–water partition coefficient (Wildman–Crippen LogP) is 5.78. The van der Waals surface area contributed by atoms with E-state index in [1.54, 1.807) is 6.07 Å². The lowest BCUT2D eigenvalue weighted by Gasteiger charge is -2.06. The van der Waals surface area contributed by atoms with Gasteiger partial charge in [-0.2, -0.15) is 0 Å². The zero-order chi connectivity index (χ0) is 21.4. The smallest absolute Gasteiger partial charge is 0.312 e. The molecule has 0 aliphatic heterocycles. The second-order valence-corrected chi connectivity index (χ2v) is 6.41. The number of hydrogen-bond acceptors (Lipinski definition) is 6. The van der Waals surface area contributed by atoms with Crippen molar-refractivity contribution in [2.45, 2.75) is 6.61 Å². The Bertz CT molecular complexity index is 1010. The lowest BCUT2D eigenvalue weighted by molar-refractivity contribution is -0.386. The molecule has 3 aromatic rings. The second-order valence-electron chi connectivity index (χ2n) is 5.53. The van der Waals surface area contributed by atoms with E-state index in [9.17, 15) is 20.2 Å². The highest BCUT2D eigenvalue weighted by Crippen LogP contribution is 2.30. The summed E-state index contributed by atoms with van der Waals surface area (Å²) in [5.74, 6) is -0.160. The van der Waals surface area contributed by atoms with Crippen molar-refractivity contribution < 1.29 is 19.7 Å². The van der Waals surface area contributed by atoms with Crippen LogP contribution >= 0.6 is 23.2 Å². The summed E-state index contributed by atoms with van der Waals surface area (Å²) >= 11 is 11.2. The molecule has 0 atom stereocenters. The van der Waals surface area contributed by atoms with Gasteiger partial charge in [0.1, 0.15) is 6.61 Å². The van der Waals surface area contributed by atoms with Crippen molar-refractivity contribution in [2.24, 2.45) is 0 Å². The number of nitrogens with zero attached hydrogens (tertiary/aromatic N) is 2. The van der Waals surface area contributed by atoms with Gasteiger partial charge in [0.2, 0.25) is 0 Å². The Kier molecular flexibility index (Phi) is 7.76. The van der Waals surface area contributed by atoms with Gasteiger partial charge in [-0.25, -0.2) is 0 Å². The third kappa shape index (κ3) is 6.63. The van der Waals surface area contributed by atoms with Crippen LogP contribution in [-0.4, -0.2) is 15.0 Å². The normalized spacial score (nSPS) is 9.86. The Morgan fingerprint density at radius 2 is 1.38 bits per heavy atom. The predicted molar refractivity (Wildman–Crippen MR) is 109 cm³/mol. The monoisotopic (exact) mass is 436 g/mol. The van der Waals surface area contributed by atoms with Crippen LogP contribution in [0.3, 0.4) is 0 Å². The maximum Gasteiger partial charge on any atom is 0.312 e. The molecule has 150 valence electrons. The Labute approximate surface area is 175 Å². The highest BCUT2D eigenvalue weighted by Gasteiger charge is 2.15. The summed E-state index contributed by atoms with van der Waals surface area (Å²) < 4.78 is 5.44. The van der Waals surface area contributed by atoms with Crippen molar-refractivity contribution in [3.05, 3.63) is 103 Å². The Morgan fingerprint density at radius 1 is 0.828 bits per heavy atom. The first-order valence-electron chi connectivity index (χ1n) is 8.01. The SMILES string of the molecule is O=[N+]([O-])c1cc(Cl)ccc1O.O=[N+]([O-])c1cc(Cl)ccc1OCc1ccccc1. The van der Waals surface area contributed by atoms with Crippen molar-refractivity contribution in [3.8, 4) is 11.5 Å². The van der Waals surface area contributed by atoms with E-state index in [1.165, 1.54) is 24.3 Å². The van der Waals surface area contributed by atoms with E-state index in [1.807, 2.05) is 30.3 Å². The number of ether oxygens (including phenoxy) is 1. The van der Waals surface area contributed by atoms with Gasteiger partial charge >= 0.3 is 11.4 Å². The van der Waals surface area contributed by atoms with Crippen molar-refractivity contribution in [1.29, 1.82) is 0 Å². The van der Waals surface area contributed by atoms with Crippen LogP contribution in [0.25, 0.3) is 0 Å². The first-order valence-corrected chi connectivity index (χ1v) is 8.77. The number of benzene rings is 3. The summed E-state index contributed by atoms with van der Waals surface area (Å²) in [4.78, 5) is 19.8. The lowest BCUT2D eigenvalue weighted by atomic mass is 10.2. The van der Waals surface area contributed by atoms with Crippen LogP contribution < -0.4 is 4.74 Å². The molecule has 1 N–H and O–H groups in total. The van der Waals surface area contributed by atoms with Crippen molar-refractivity contribution in [3.63, 3.8) is 0 Å². The highest BCUT2D eigenvalue weighted by atomic mass is 35.5. The fourth-order valence-corrected chi connectivity index (χ4v) is 2.47. The minimum Gasteiger partial charge on any atom is -0.502 e. The summed E-state index contributed by atoms with van der Waals surface area (Å²) in [6.45, 7) is 0.281. The van der Waals surface area contributed by atoms with Crippen LogP contribution in [0, 0.1) is 20.2 Å². The fourth-order valence-electron chi connectivity index (χ4n) is 2.13. The number of hydrogen-bond donors (Lipinski definition) is 1. The average molecular weight is 437 g/mol. The molecule has 0 fully saturated rings. The van der Waals surface area contributed by atoms with Gasteiger partial charge in [0.25, 0.3) is 0 Å². The zero-order valence-corrected chi connectivity index (χ0v) is 16.2. The van der Waals surface area contributed by atoms with Gasteiger partial charge in [-0.3, -0.25) is 20.2 Å². The van der Waals surface area contributed by atoms with E-state index < -0.39 is 9.85 Å². The van der Waals surface area contributed by atoms with Gasteiger partial charge in [0.15, 0.2) is 11.5 Å². The molecule has 29 heavy (non-hydrogen) atoms. The first-order chi connectivity index (χ1) is 13.8. The van der Waals surface area contributed by atoms with E-state index in [2.05, 4.69) is 0 Å². The van der Waals surface area contributed by atoms with Crippen molar-refractivity contribution in [1.82, 2.24) is 0 Å². The topological polar surface area (TPSA) is 116 Å². The number of phenolic OH excluding ortho intramolecular Hbond substituents is 1. The van der Waals surface area contributed by atoms with Crippen LogP contribution in [-0.2, 0) is 6.61 Å². The van der Waals surface area contributed by atoms with E-state index in [0.717, 1.165) is 11.6 Å². The maximum absolute atomic E-state index is 10.9. The number of nitro groups is 2. The molecule has 0 aromatic heterocycles. The Balaban J connectivity index is 0.000000234. The van der Waals surface area contributed by atoms with E-state index in [-0.39, 0.29) is 34.5 Å². The number of phenols is 1. The summed E-state index contributed by atoms with van der Waals surface area (Å²) in [6, 6.07) is 17.4. The highest BCUT2D eigenvalue weighted by molar-refractivity contribution is 6.31. The molecule has 0 unspecified atom stereocenters. The zero-order valence-electron chi connectivity index (χ0n) is 14.7. The molecule has 0 aliphatic carbocycles. The Hall–Kier alpha value is -3.36. The molecule has 3 rings (SSSR count). The first kappa shape index (κ1) is 21.9. The third-order valence-electron chi connectivity index (χ3n) is 3.49. The van der Waals surface area contributed by atoms with E-state index in [4.69, 9.17) is 33.0 Å². The second kappa shape index (κ2) is 10.3. The van der Waals surface area contributed by atoms with Gasteiger partial charge in [0, 0.05) is 22.2 Å². The molecule has 0 spiro atoms. The quantitative estimate of drug-likeness (QED) is 0.400. The molecule has 0 saturated heterocycles. The average Bonchev–Trinajstić information content (AvgIpc) is 2.70. The van der Waals surface area contributed by atoms with Crippen LogP contribution in [0.4, 0.5) is 11.4 Å². The Morgan fingerprint density at radius 3 is 1.93 bits per heavy atom. The fraction of sp³-hybridized carbons (Fsp3) is 0.0526. The number of nitro benzene ring substituents is 2. The summed E-state index contributed by atoms with van der Waals surface area (Å²) in [6.07, 6.45) is 0. The third-order valence-corrected chi connectivity index (χ3v) is 3.96. The lowest BCUT2D eigenvalue weighted by Crippen LogP contribution is -1.98. The van der Waals surface area contributed by atoms with Crippen LogP contribution in [0.5, 0.6) is 11.5 Å². The number of rotatable bonds is 5. The van der Waals surface area contributed by atoms with Gasteiger partial charge in [-0.1, -0.05) is 53.5 Å². The molecular weight excluding hydrogens is 423 g/mol. The molecule has 0 radical (unpaired) electrons. The van der Waals surface area contributed by atoms with Crippen LogP contribution in [0.2, 0.25) is 10.0 Å². The largest absolute Gasteiger partial charge is 0.502 e. The van der Waals surface area contributed by atoms with E-state index >= 15 is 0 Å². The van der Waals surface area contributed by atoms with E-state index in [0.29, 0.717) is 5.02 Å². The molecule has 0 bridgehead atoms. The molecule has 8 nitrogen and oxygen atoms in total. The number of halogens is 2. The molecule has 10 heteroatoms. The molecule has 0 amide bonds. The molecular formula is C19H14Cl2N2O6. The minimum atomic E-state index is -0.693. The molecule has 3 aromatic carbocycles. The molecule has 0 aliphatic rings. The number of aromatic hydroxyl groups is 1. The van der Waals surface area contributed by atoms with Crippen LogP contribution in [0.1, 0.15) is 5.56 Å². The molecule has 0 heterocycles. The minimum absolute atomic E-state index is 0.126. The van der Waals surface area contributed by atoms with Crippen molar-refractivity contribution >= 4 is 34.6 Å². The van der Waals surface area contributed by atoms with Gasteiger partial charge < -0.3 is 9.84 Å².